The first-order chi connectivity index (χ1) is 8.10. The number of hydrogen-bond acceptors (Lipinski definition) is 2. The van der Waals surface area contributed by atoms with Crippen LogP contribution in [0, 0.1) is 5.92 Å². The Morgan fingerprint density at radius 3 is 2.06 bits per heavy atom. The van der Waals surface area contributed by atoms with E-state index in [4.69, 9.17) is 9.47 Å². The van der Waals surface area contributed by atoms with Gasteiger partial charge >= 0.3 is 0 Å². The Morgan fingerprint density at radius 2 is 1.65 bits per heavy atom. The van der Waals surface area contributed by atoms with Crippen molar-refractivity contribution >= 4 is 15.9 Å². The van der Waals surface area contributed by atoms with Crippen LogP contribution in [0.2, 0.25) is 0 Å². The van der Waals surface area contributed by atoms with Gasteiger partial charge in [-0.3, -0.25) is 0 Å². The van der Waals surface area contributed by atoms with Gasteiger partial charge < -0.3 is 9.47 Å². The predicted molar refractivity (Wildman–Crippen MR) is 75.4 cm³/mol. The summed E-state index contributed by atoms with van der Waals surface area (Å²) in [5.74, 6) is 2.45. The fourth-order valence-electron chi connectivity index (χ4n) is 1.79. The van der Waals surface area contributed by atoms with E-state index in [1.165, 1.54) is 0 Å². The lowest BCUT2D eigenvalue weighted by atomic mass is 10.0. The summed E-state index contributed by atoms with van der Waals surface area (Å²) >= 11 is 3.71. The van der Waals surface area contributed by atoms with Gasteiger partial charge in [0.25, 0.3) is 0 Å². The third-order valence-corrected chi connectivity index (χ3v) is 4.44. The average Bonchev–Trinajstić information content (AvgIpc) is 2.34. The lowest BCUT2D eigenvalue weighted by Gasteiger charge is -2.16. The summed E-state index contributed by atoms with van der Waals surface area (Å²) in [6.07, 6.45) is 2.04. The molecule has 0 aliphatic carbocycles. The third-order valence-electron chi connectivity index (χ3n) is 2.92. The van der Waals surface area contributed by atoms with Crippen LogP contribution in [0.1, 0.15) is 25.8 Å². The van der Waals surface area contributed by atoms with E-state index in [0.29, 0.717) is 10.7 Å². The Labute approximate surface area is 112 Å². The normalized spacial score (nSPS) is 12.6. The molecule has 0 saturated heterocycles. The van der Waals surface area contributed by atoms with Gasteiger partial charge in [0.2, 0.25) is 0 Å². The highest BCUT2D eigenvalue weighted by molar-refractivity contribution is 9.09. The van der Waals surface area contributed by atoms with Crippen LogP contribution >= 0.6 is 15.9 Å². The van der Waals surface area contributed by atoms with Gasteiger partial charge in [0.1, 0.15) is 11.5 Å². The highest BCUT2D eigenvalue weighted by Crippen LogP contribution is 2.31. The summed E-state index contributed by atoms with van der Waals surface area (Å²) in [7, 11) is 3.40. The molecule has 0 heterocycles. The molecule has 17 heavy (non-hydrogen) atoms. The first-order valence-corrected chi connectivity index (χ1v) is 6.85. The Bertz CT molecular complexity index is 328. The molecule has 1 rings (SSSR count). The van der Waals surface area contributed by atoms with E-state index in [2.05, 4.69) is 29.8 Å². The fraction of sp³-hybridized carbons (Fsp3) is 0.571. The topological polar surface area (TPSA) is 18.5 Å². The van der Waals surface area contributed by atoms with Gasteiger partial charge in [0.05, 0.1) is 14.2 Å². The first kappa shape index (κ1) is 14.4. The molecule has 1 aromatic rings. The molecule has 0 aliphatic rings. The summed E-state index contributed by atoms with van der Waals surface area (Å²) in [4.78, 5) is 0.525. The van der Waals surface area contributed by atoms with Gasteiger partial charge in [0.15, 0.2) is 0 Å². The Kier molecular flexibility index (Phi) is 5.83. The maximum Gasteiger partial charge on any atom is 0.125 e. The Hall–Kier alpha value is -0.700. The van der Waals surface area contributed by atoms with Crippen molar-refractivity contribution in [2.75, 3.05) is 14.2 Å². The molecule has 0 radical (unpaired) electrons. The standard InChI is InChI=1S/C14H21BrO2/c1-10(2)12(15)9-8-11-13(16-3)6-5-7-14(11)17-4/h5-7,10,12H,8-9H2,1-4H3. The van der Waals surface area contributed by atoms with Crippen molar-refractivity contribution in [3.63, 3.8) is 0 Å². The molecule has 0 N–H and O–H groups in total. The van der Waals surface area contributed by atoms with Gasteiger partial charge in [-0.25, -0.2) is 0 Å². The van der Waals surface area contributed by atoms with E-state index >= 15 is 0 Å². The SMILES string of the molecule is COc1cccc(OC)c1CCC(Br)C(C)C. The summed E-state index contributed by atoms with van der Waals surface area (Å²) < 4.78 is 10.8. The summed E-state index contributed by atoms with van der Waals surface area (Å²) in [6, 6.07) is 5.92. The van der Waals surface area contributed by atoms with Crippen LogP contribution in [0.15, 0.2) is 18.2 Å². The first-order valence-electron chi connectivity index (χ1n) is 5.94. The number of hydrogen-bond donors (Lipinski definition) is 0. The molecule has 1 unspecified atom stereocenters. The number of halogens is 1. The number of alkyl halides is 1. The zero-order valence-electron chi connectivity index (χ0n) is 11.0. The minimum absolute atomic E-state index is 0.525. The molecule has 0 fully saturated rings. The highest BCUT2D eigenvalue weighted by Gasteiger charge is 2.14. The van der Waals surface area contributed by atoms with Crippen LogP contribution < -0.4 is 9.47 Å². The summed E-state index contributed by atoms with van der Waals surface area (Å²) in [6.45, 7) is 4.44. The van der Waals surface area contributed by atoms with E-state index in [9.17, 15) is 0 Å². The van der Waals surface area contributed by atoms with Crippen LogP contribution in [0.3, 0.4) is 0 Å². The smallest absolute Gasteiger partial charge is 0.125 e. The second kappa shape index (κ2) is 6.90. The van der Waals surface area contributed by atoms with Gasteiger partial charge in [-0.15, -0.1) is 0 Å². The molecule has 2 nitrogen and oxygen atoms in total. The molecular formula is C14H21BrO2. The summed E-state index contributed by atoms with van der Waals surface area (Å²) in [5.41, 5.74) is 1.16. The van der Waals surface area contributed by atoms with E-state index in [-0.39, 0.29) is 0 Å². The van der Waals surface area contributed by atoms with Crippen molar-refractivity contribution in [3.05, 3.63) is 23.8 Å². The highest BCUT2D eigenvalue weighted by atomic mass is 79.9. The predicted octanol–water partition coefficient (Wildman–Crippen LogP) is 4.06. The van der Waals surface area contributed by atoms with Crippen LogP contribution in [0.25, 0.3) is 0 Å². The van der Waals surface area contributed by atoms with Crippen LogP contribution in [0.5, 0.6) is 11.5 Å². The molecule has 1 atom stereocenters. The number of rotatable bonds is 6. The van der Waals surface area contributed by atoms with E-state index in [0.717, 1.165) is 29.9 Å². The van der Waals surface area contributed by atoms with E-state index in [1.54, 1.807) is 14.2 Å². The maximum absolute atomic E-state index is 5.39. The largest absolute Gasteiger partial charge is 0.496 e. The molecule has 3 heteroatoms. The molecule has 0 spiro atoms. The molecule has 0 aromatic heterocycles. The van der Waals surface area contributed by atoms with E-state index in [1.807, 2.05) is 18.2 Å². The van der Waals surface area contributed by atoms with Gasteiger partial charge in [-0.05, 0) is 30.9 Å². The second-order valence-corrected chi connectivity index (χ2v) is 5.62. The quantitative estimate of drug-likeness (QED) is 0.738. The zero-order chi connectivity index (χ0) is 12.8. The van der Waals surface area contributed by atoms with Crippen molar-refractivity contribution in [3.8, 4) is 11.5 Å². The third kappa shape index (κ3) is 3.91. The number of ether oxygens (including phenoxy) is 2. The summed E-state index contributed by atoms with van der Waals surface area (Å²) in [5, 5.41) is 0. The van der Waals surface area contributed by atoms with Gasteiger partial charge in [-0.1, -0.05) is 35.8 Å². The van der Waals surface area contributed by atoms with Crippen molar-refractivity contribution in [2.24, 2.45) is 5.92 Å². The van der Waals surface area contributed by atoms with Gasteiger partial charge in [-0.2, -0.15) is 0 Å². The second-order valence-electron chi connectivity index (χ2n) is 4.44. The zero-order valence-corrected chi connectivity index (χ0v) is 12.6. The number of methoxy groups -OCH3 is 2. The molecule has 0 aliphatic heterocycles. The molecule has 1 aromatic carbocycles. The minimum atomic E-state index is 0.525. The number of benzene rings is 1. The average molecular weight is 301 g/mol. The molecule has 0 saturated carbocycles. The fourth-order valence-corrected chi connectivity index (χ4v) is 2.02. The molecule has 0 bridgehead atoms. The van der Waals surface area contributed by atoms with Gasteiger partial charge in [0, 0.05) is 10.4 Å². The molecular weight excluding hydrogens is 280 g/mol. The van der Waals surface area contributed by atoms with Crippen molar-refractivity contribution < 1.29 is 9.47 Å². The van der Waals surface area contributed by atoms with Crippen molar-refractivity contribution in [1.29, 1.82) is 0 Å². The Balaban J connectivity index is 2.81. The Morgan fingerprint density at radius 1 is 1.12 bits per heavy atom. The van der Waals surface area contributed by atoms with Crippen molar-refractivity contribution in [1.82, 2.24) is 0 Å². The van der Waals surface area contributed by atoms with Crippen LogP contribution in [-0.2, 0) is 6.42 Å². The van der Waals surface area contributed by atoms with Crippen LogP contribution in [0.4, 0.5) is 0 Å². The lowest BCUT2D eigenvalue weighted by molar-refractivity contribution is 0.383. The maximum atomic E-state index is 5.39. The molecule has 0 amide bonds. The van der Waals surface area contributed by atoms with Crippen LogP contribution in [-0.4, -0.2) is 19.0 Å². The molecule has 96 valence electrons. The monoisotopic (exact) mass is 300 g/mol. The van der Waals surface area contributed by atoms with Crippen molar-refractivity contribution in [2.45, 2.75) is 31.5 Å². The minimum Gasteiger partial charge on any atom is -0.496 e. The lowest BCUT2D eigenvalue weighted by Crippen LogP contribution is -2.09. The van der Waals surface area contributed by atoms with E-state index < -0.39 is 0 Å².